The molecule has 1 heterocycles. The van der Waals surface area contributed by atoms with Crippen LogP contribution in [0.25, 0.3) is 10.4 Å². The van der Waals surface area contributed by atoms with Crippen molar-refractivity contribution in [1.82, 2.24) is 0 Å². The highest BCUT2D eigenvalue weighted by Gasteiger charge is 2.43. The molecule has 0 bridgehead atoms. The molecule has 5 N–H and O–H groups in total. The molecule has 10 nitrogen and oxygen atoms in total. The molecule has 0 unspecified atom stereocenters. The summed E-state index contributed by atoms with van der Waals surface area (Å²) in [5, 5.41) is 44.9. The van der Waals surface area contributed by atoms with Gasteiger partial charge in [-0.25, -0.2) is 0 Å². The van der Waals surface area contributed by atoms with Gasteiger partial charge in [-0.2, -0.15) is 0 Å². The standard InChI is InChI=1S/C16H22N4O6S/c17-20-18-7-1-2-12(22)19-9-3-5-10(6-4-9)27-16-15(25)14(24)13(23)11(8-21)26-16/h3-6,11,13-16,21,23-25H,1-2,7-8H2,(H,19,22)/t11-,13+,14+,15-,16+/m1/s1. The van der Waals surface area contributed by atoms with Gasteiger partial charge in [0.1, 0.15) is 29.9 Å². The molecule has 0 aliphatic carbocycles. The van der Waals surface area contributed by atoms with E-state index >= 15 is 0 Å². The van der Waals surface area contributed by atoms with Gasteiger partial charge in [0.05, 0.1) is 6.61 Å². The Kier molecular flexibility index (Phi) is 8.32. The Hall–Kier alpha value is -1.85. The van der Waals surface area contributed by atoms with Gasteiger partial charge in [-0.1, -0.05) is 16.9 Å². The van der Waals surface area contributed by atoms with E-state index in [1.165, 1.54) is 0 Å². The van der Waals surface area contributed by atoms with Crippen molar-refractivity contribution in [3.63, 3.8) is 0 Å². The van der Waals surface area contributed by atoms with Crippen molar-refractivity contribution in [3.8, 4) is 0 Å². The van der Waals surface area contributed by atoms with Crippen LogP contribution in [0.5, 0.6) is 0 Å². The summed E-state index contributed by atoms with van der Waals surface area (Å²) in [5.41, 5.74) is 7.90. The van der Waals surface area contributed by atoms with Crippen LogP contribution in [0.15, 0.2) is 34.3 Å². The first-order chi connectivity index (χ1) is 13.0. The molecular weight excluding hydrogens is 376 g/mol. The van der Waals surface area contributed by atoms with Crippen LogP contribution in [0, 0.1) is 0 Å². The van der Waals surface area contributed by atoms with E-state index in [-0.39, 0.29) is 18.9 Å². The maximum Gasteiger partial charge on any atom is 0.224 e. The van der Waals surface area contributed by atoms with Crippen LogP contribution >= 0.6 is 11.8 Å². The summed E-state index contributed by atoms with van der Waals surface area (Å²) >= 11 is 1.13. The number of azide groups is 1. The molecule has 0 aromatic heterocycles. The van der Waals surface area contributed by atoms with Crippen LogP contribution in [0.4, 0.5) is 5.69 Å². The van der Waals surface area contributed by atoms with Gasteiger partial charge >= 0.3 is 0 Å². The fourth-order valence-electron chi connectivity index (χ4n) is 2.49. The molecule has 2 rings (SSSR count). The Morgan fingerprint density at radius 2 is 1.93 bits per heavy atom. The minimum absolute atomic E-state index is 0.197. The van der Waals surface area contributed by atoms with Crippen LogP contribution in [0.2, 0.25) is 0 Å². The van der Waals surface area contributed by atoms with Crippen LogP contribution in [-0.2, 0) is 9.53 Å². The minimum Gasteiger partial charge on any atom is -0.394 e. The van der Waals surface area contributed by atoms with E-state index in [1.54, 1.807) is 24.3 Å². The van der Waals surface area contributed by atoms with Gasteiger partial charge in [0.15, 0.2) is 0 Å². The predicted octanol–water partition coefficient (Wildman–Crippen LogP) is 0.608. The first kappa shape index (κ1) is 21.5. The van der Waals surface area contributed by atoms with Crippen molar-refractivity contribution in [2.45, 2.75) is 47.6 Å². The highest BCUT2D eigenvalue weighted by Crippen LogP contribution is 2.33. The number of ether oxygens (including phenoxy) is 1. The van der Waals surface area contributed by atoms with Crippen molar-refractivity contribution in [1.29, 1.82) is 0 Å². The third-order valence-electron chi connectivity index (χ3n) is 3.96. The first-order valence-electron chi connectivity index (χ1n) is 8.34. The summed E-state index contributed by atoms with van der Waals surface area (Å²) in [6.07, 6.45) is -4.38. The Balaban J connectivity index is 1.89. The number of hydrogen-bond acceptors (Lipinski definition) is 8. The number of hydrogen-bond donors (Lipinski definition) is 5. The van der Waals surface area contributed by atoms with E-state index in [0.29, 0.717) is 17.0 Å². The molecule has 1 aromatic carbocycles. The molecule has 1 saturated heterocycles. The second-order valence-electron chi connectivity index (χ2n) is 5.95. The van der Waals surface area contributed by atoms with Gasteiger partial charge in [-0.15, -0.1) is 0 Å². The summed E-state index contributed by atoms with van der Waals surface area (Å²) < 4.78 is 5.44. The number of anilines is 1. The van der Waals surface area contributed by atoms with Crippen molar-refractivity contribution in [2.24, 2.45) is 5.11 Å². The lowest BCUT2D eigenvalue weighted by Gasteiger charge is -2.39. The van der Waals surface area contributed by atoms with E-state index in [0.717, 1.165) is 11.8 Å². The van der Waals surface area contributed by atoms with Gasteiger partial charge in [0, 0.05) is 28.5 Å². The largest absolute Gasteiger partial charge is 0.394 e. The lowest BCUT2D eigenvalue weighted by molar-refractivity contribution is -0.205. The molecule has 27 heavy (non-hydrogen) atoms. The Bertz CT molecular complexity index is 667. The molecule has 11 heteroatoms. The van der Waals surface area contributed by atoms with E-state index in [2.05, 4.69) is 15.3 Å². The summed E-state index contributed by atoms with van der Waals surface area (Å²) in [6.45, 7) is -0.217. The zero-order valence-electron chi connectivity index (χ0n) is 14.4. The molecule has 1 fully saturated rings. The van der Waals surface area contributed by atoms with Gasteiger partial charge < -0.3 is 30.5 Å². The zero-order valence-corrected chi connectivity index (χ0v) is 15.2. The van der Waals surface area contributed by atoms with Gasteiger partial charge in [-0.3, -0.25) is 4.79 Å². The molecular formula is C16H22N4O6S. The van der Waals surface area contributed by atoms with Crippen LogP contribution < -0.4 is 5.32 Å². The fraction of sp³-hybridized carbons (Fsp3) is 0.562. The minimum atomic E-state index is -1.42. The summed E-state index contributed by atoms with van der Waals surface area (Å²) in [5.74, 6) is -0.197. The summed E-state index contributed by atoms with van der Waals surface area (Å²) in [6, 6.07) is 6.78. The van der Waals surface area contributed by atoms with E-state index < -0.39 is 36.5 Å². The summed E-state index contributed by atoms with van der Waals surface area (Å²) in [7, 11) is 0. The number of carbonyl (C=O) groups excluding carboxylic acids is 1. The Morgan fingerprint density at radius 3 is 2.56 bits per heavy atom. The zero-order chi connectivity index (χ0) is 19.8. The van der Waals surface area contributed by atoms with Crippen molar-refractivity contribution in [3.05, 3.63) is 34.7 Å². The Morgan fingerprint density at radius 1 is 1.22 bits per heavy atom. The quantitative estimate of drug-likeness (QED) is 0.185. The molecule has 1 aliphatic rings. The SMILES string of the molecule is [N-]=[N+]=NCCCC(=O)Nc1ccc(S[C@@H]2O[C@H](CO)[C@H](O)[C@H](O)[C@H]2O)cc1. The number of aliphatic hydroxyl groups excluding tert-OH is 4. The maximum atomic E-state index is 11.8. The maximum absolute atomic E-state index is 11.8. The smallest absolute Gasteiger partial charge is 0.224 e. The number of amides is 1. The first-order valence-corrected chi connectivity index (χ1v) is 9.22. The van der Waals surface area contributed by atoms with Crippen LogP contribution in [0.1, 0.15) is 12.8 Å². The van der Waals surface area contributed by atoms with E-state index in [1.807, 2.05) is 0 Å². The number of rotatable bonds is 8. The monoisotopic (exact) mass is 398 g/mol. The second kappa shape index (κ2) is 10.5. The normalized spacial score (nSPS) is 27.6. The highest BCUT2D eigenvalue weighted by molar-refractivity contribution is 7.99. The van der Waals surface area contributed by atoms with Gasteiger partial charge in [-0.05, 0) is 36.2 Å². The molecule has 1 aromatic rings. The average molecular weight is 398 g/mol. The van der Waals surface area contributed by atoms with Gasteiger partial charge in [0.2, 0.25) is 5.91 Å². The van der Waals surface area contributed by atoms with Crippen molar-refractivity contribution in [2.75, 3.05) is 18.5 Å². The third-order valence-corrected chi connectivity index (χ3v) is 5.13. The van der Waals surface area contributed by atoms with Crippen molar-refractivity contribution < 1.29 is 30.0 Å². The number of carbonyl (C=O) groups is 1. The molecule has 1 aliphatic heterocycles. The lowest BCUT2D eigenvalue weighted by atomic mass is 10.0. The number of nitrogens with zero attached hydrogens (tertiary/aromatic N) is 3. The van der Waals surface area contributed by atoms with E-state index in [9.17, 15) is 25.2 Å². The van der Waals surface area contributed by atoms with Crippen LogP contribution in [-0.4, -0.2) is 69.3 Å². The molecule has 5 atom stereocenters. The predicted molar refractivity (Wildman–Crippen MR) is 97.9 cm³/mol. The third kappa shape index (κ3) is 6.08. The number of aliphatic hydroxyl groups is 4. The fourth-order valence-corrected chi connectivity index (χ4v) is 3.55. The average Bonchev–Trinajstić information content (AvgIpc) is 2.67. The molecule has 1 amide bonds. The van der Waals surface area contributed by atoms with Crippen LogP contribution in [0.3, 0.4) is 0 Å². The van der Waals surface area contributed by atoms with Crippen molar-refractivity contribution >= 4 is 23.4 Å². The molecule has 148 valence electrons. The topological polar surface area (TPSA) is 168 Å². The highest BCUT2D eigenvalue weighted by atomic mass is 32.2. The molecule has 0 radical (unpaired) electrons. The number of thioether (sulfide) groups is 1. The second-order valence-corrected chi connectivity index (χ2v) is 7.12. The van der Waals surface area contributed by atoms with Gasteiger partial charge in [0.25, 0.3) is 0 Å². The Labute approximate surface area is 159 Å². The molecule has 0 spiro atoms. The van der Waals surface area contributed by atoms with E-state index in [4.69, 9.17) is 10.3 Å². The molecule has 0 saturated carbocycles. The summed E-state index contributed by atoms with van der Waals surface area (Å²) in [4.78, 5) is 15.1. The number of nitrogens with one attached hydrogen (secondary N) is 1. The lowest BCUT2D eigenvalue weighted by Crippen LogP contribution is -2.57. The number of benzene rings is 1.